The minimum Gasteiger partial charge on any atom is -0.379 e. The molecule has 0 amide bonds. The first kappa shape index (κ1) is 19.3. The summed E-state index contributed by atoms with van der Waals surface area (Å²) in [6.45, 7) is 0.808. The van der Waals surface area contributed by atoms with E-state index >= 15 is 0 Å². The molecule has 3 aromatic heterocycles. The number of nitrogens with zero attached hydrogens (tertiary/aromatic N) is 2. The van der Waals surface area contributed by atoms with Gasteiger partial charge < -0.3 is 20.3 Å². The zero-order valence-electron chi connectivity index (χ0n) is 16.8. The van der Waals surface area contributed by atoms with Crippen LogP contribution in [0.3, 0.4) is 0 Å². The summed E-state index contributed by atoms with van der Waals surface area (Å²) in [4.78, 5) is 19.0. The molecule has 0 aliphatic carbocycles. The van der Waals surface area contributed by atoms with Gasteiger partial charge in [-0.1, -0.05) is 48.2 Å². The van der Waals surface area contributed by atoms with Crippen molar-refractivity contribution in [2.75, 3.05) is 5.75 Å². The molecule has 8 heteroatoms. The fourth-order valence-electron chi connectivity index (χ4n) is 4.10. The number of nitrogens with two attached hydrogens (primary N) is 1. The number of amidine groups is 1. The molecular weight excluding hydrogens is 408 g/mol. The Morgan fingerprint density at radius 3 is 2.65 bits per heavy atom. The Labute approximate surface area is 182 Å². The Balaban J connectivity index is 1.61. The van der Waals surface area contributed by atoms with E-state index in [-0.39, 0.29) is 10.9 Å². The number of para-hydroxylation sites is 2. The molecular formula is C23H22N6OS. The second kappa shape index (κ2) is 7.88. The average molecular weight is 431 g/mol. The van der Waals surface area contributed by atoms with Gasteiger partial charge in [0.15, 0.2) is 5.17 Å². The normalized spacial score (nSPS) is 11.5. The minimum atomic E-state index is -0.172. The van der Waals surface area contributed by atoms with E-state index in [1.165, 1.54) is 11.8 Å². The number of hydrogen-bond acceptors (Lipinski definition) is 3. The fraction of sp³-hybridized carbons (Fsp3) is 0.130. The third-order valence-corrected chi connectivity index (χ3v) is 6.25. The van der Waals surface area contributed by atoms with Crippen LogP contribution in [0.2, 0.25) is 0 Å². The summed E-state index contributed by atoms with van der Waals surface area (Å²) < 4.78 is 3.94. The van der Waals surface area contributed by atoms with Crippen molar-refractivity contribution in [1.82, 2.24) is 19.1 Å². The number of aryl methyl sites for hydroxylation is 1. The van der Waals surface area contributed by atoms with E-state index in [1.807, 2.05) is 42.6 Å². The third-order valence-electron chi connectivity index (χ3n) is 5.45. The molecule has 0 aliphatic rings. The lowest BCUT2D eigenvalue weighted by Gasteiger charge is -2.06. The number of imidazole rings is 1. The first-order chi connectivity index (χ1) is 15.1. The van der Waals surface area contributed by atoms with Gasteiger partial charge in [0.25, 0.3) is 0 Å². The summed E-state index contributed by atoms with van der Waals surface area (Å²) in [5.41, 5.74) is 10.0. The number of aromatic amines is 2. The van der Waals surface area contributed by atoms with Crippen molar-refractivity contribution in [1.29, 1.82) is 5.41 Å². The number of thioether (sulfide) groups is 1. The Morgan fingerprint density at radius 1 is 1.03 bits per heavy atom. The molecule has 5 N–H and O–H groups in total. The molecule has 0 fully saturated rings. The van der Waals surface area contributed by atoms with Crippen molar-refractivity contribution >= 4 is 38.7 Å². The molecule has 7 nitrogen and oxygen atoms in total. The van der Waals surface area contributed by atoms with E-state index in [0.717, 1.165) is 57.5 Å². The smallest absolute Gasteiger partial charge is 0.330 e. The molecule has 5 rings (SSSR count). The SMILES string of the molecule is N=C(N)SCCCn1cc(-c2c[nH]c(=O)n2-c2c[nH]c3ccccc23)c2ccccc21. The maximum atomic E-state index is 12.8. The van der Waals surface area contributed by atoms with Crippen LogP contribution in [0, 0.1) is 5.41 Å². The Morgan fingerprint density at radius 2 is 1.81 bits per heavy atom. The number of nitrogens with one attached hydrogen (secondary N) is 3. The van der Waals surface area contributed by atoms with E-state index in [1.54, 1.807) is 10.8 Å². The van der Waals surface area contributed by atoms with E-state index in [0.29, 0.717) is 0 Å². The number of aromatic nitrogens is 4. The van der Waals surface area contributed by atoms with Crippen LogP contribution in [0.1, 0.15) is 6.42 Å². The first-order valence-corrected chi connectivity index (χ1v) is 11.0. The van der Waals surface area contributed by atoms with Gasteiger partial charge in [0.05, 0.1) is 11.4 Å². The van der Waals surface area contributed by atoms with Gasteiger partial charge in [0.2, 0.25) is 0 Å². The van der Waals surface area contributed by atoms with Gasteiger partial charge in [-0.25, -0.2) is 4.79 Å². The fourth-order valence-corrected chi connectivity index (χ4v) is 4.59. The van der Waals surface area contributed by atoms with Crippen LogP contribution in [-0.2, 0) is 6.54 Å². The van der Waals surface area contributed by atoms with Gasteiger partial charge in [-0.2, -0.15) is 0 Å². The lowest BCUT2D eigenvalue weighted by molar-refractivity contribution is 0.710. The Bertz CT molecular complexity index is 1450. The summed E-state index contributed by atoms with van der Waals surface area (Å²) >= 11 is 1.36. The van der Waals surface area contributed by atoms with Crippen molar-refractivity contribution in [3.8, 4) is 16.9 Å². The number of H-pyrrole nitrogens is 2. The molecule has 2 aromatic carbocycles. The van der Waals surface area contributed by atoms with Gasteiger partial charge in [0.1, 0.15) is 0 Å². The summed E-state index contributed by atoms with van der Waals surface area (Å²) in [6.07, 6.45) is 6.66. The molecule has 0 saturated heterocycles. The van der Waals surface area contributed by atoms with E-state index < -0.39 is 0 Å². The molecule has 156 valence electrons. The van der Waals surface area contributed by atoms with E-state index in [4.69, 9.17) is 11.1 Å². The van der Waals surface area contributed by atoms with Crippen LogP contribution < -0.4 is 11.4 Å². The van der Waals surface area contributed by atoms with Crippen molar-refractivity contribution < 1.29 is 0 Å². The molecule has 0 saturated carbocycles. The number of fused-ring (bicyclic) bond motifs is 2. The van der Waals surface area contributed by atoms with Crippen LogP contribution >= 0.6 is 11.8 Å². The topological polar surface area (TPSA) is 108 Å². The quantitative estimate of drug-likeness (QED) is 0.183. The average Bonchev–Trinajstić information content (AvgIpc) is 3.46. The monoisotopic (exact) mass is 430 g/mol. The summed E-state index contributed by atoms with van der Waals surface area (Å²) in [6, 6.07) is 16.2. The second-order valence-corrected chi connectivity index (χ2v) is 8.49. The number of hydrogen-bond donors (Lipinski definition) is 4. The highest BCUT2D eigenvalue weighted by Crippen LogP contribution is 2.33. The van der Waals surface area contributed by atoms with E-state index in [9.17, 15) is 4.79 Å². The molecule has 0 radical (unpaired) electrons. The van der Waals surface area contributed by atoms with Gasteiger partial charge in [-0.15, -0.1) is 0 Å². The van der Waals surface area contributed by atoms with Crippen LogP contribution in [0.5, 0.6) is 0 Å². The molecule has 0 spiro atoms. The zero-order valence-corrected chi connectivity index (χ0v) is 17.6. The van der Waals surface area contributed by atoms with Gasteiger partial charge in [-0.05, 0) is 18.6 Å². The highest BCUT2D eigenvalue weighted by molar-refractivity contribution is 8.13. The third kappa shape index (κ3) is 3.44. The van der Waals surface area contributed by atoms with Crippen molar-refractivity contribution in [2.24, 2.45) is 5.73 Å². The predicted octanol–water partition coefficient (Wildman–Crippen LogP) is 4.29. The molecule has 0 aliphatic heterocycles. The molecule has 0 unspecified atom stereocenters. The highest BCUT2D eigenvalue weighted by Gasteiger charge is 2.18. The number of rotatable bonds is 6. The molecule has 5 aromatic rings. The van der Waals surface area contributed by atoms with Crippen LogP contribution in [-0.4, -0.2) is 30.0 Å². The van der Waals surface area contributed by atoms with Crippen LogP contribution in [0.25, 0.3) is 38.8 Å². The zero-order chi connectivity index (χ0) is 21.4. The van der Waals surface area contributed by atoms with E-state index in [2.05, 4.69) is 32.9 Å². The summed E-state index contributed by atoms with van der Waals surface area (Å²) in [5, 5.41) is 9.61. The summed E-state index contributed by atoms with van der Waals surface area (Å²) in [5.74, 6) is 0.793. The molecule has 0 bridgehead atoms. The minimum absolute atomic E-state index is 0.146. The van der Waals surface area contributed by atoms with Gasteiger partial charge in [0, 0.05) is 58.3 Å². The predicted molar refractivity (Wildman–Crippen MR) is 128 cm³/mol. The largest absolute Gasteiger partial charge is 0.379 e. The molecule has 31 heavy (non-hydrogen) atoms. The Kier molecular flexibility index (Phi) is 4.91. The highest BCUT2D eigenvalue weighted by atomic mass is 32.2. The van der Waals surface area contributed by atoms with Crippen molar-refractivity contribution in [3.05, 3.63) is 77.6 Å². The van der Waals surface area contributed by atoms with Gasteiger partial charge >= 0.3 is 5.69 Å². The lowest BCUT2D eigenvalue weighted by Crippen LogP contribution is -2.15. The lowest BCUT2D eigenvalue weighted by atomic mass is 10.1. The van der Waals surface area contributed by atoms with Crippen LogP contribution in [0.4, 0.5) is 0 Å². The first-order valence-electron chi connectivity index (χ1n) is 10.1. The van der Waals surface area contributed by atoms with Gasteiger partial charge in [-0.3, -0.25) is 9.98 Å². The maximum Gasteiger partial charge on any atom is 0.330 e. The Hall–Kier alpha value is -3.65. The van der Waals surface area contributed by atoms with Crippen LogP contribution in [0.15, 0.2) is 71.9 Å². The summed E-state index contributed by atoms with van der Waals surface area (Å²) in [7, 11) is 0. The standard InChI is InChI=1S/C23H22N6OS/c24-22(25)31-11-5-10-28-14-17(15-6-2-4-9-19(15)28)21-13-27-23(30)29(21)20-12-26-18-8-3-1-7-16(18)20/h1-4,6-9,12-14,26H,5,10-11H2,(H3,24,25)(H,27,30). The molecule has 3 heterocycles. The van der Waals surface area contributed by atoms with Crippen molar-refractivity contribution in [3.63, 3.8) is 0 Å². The maximum absolute atomic E-state index is 12.8. The molecule has 0 atom stereocenters. The number of benzene rings is 2. The van der Waals surface area contributed by atoms with Crippen molar-refractivity contribution in [2.45, 2.75) is 13.0 Å². The second-order valence-electron chi connectivity index (χ2n) is 7.35.